The molecular formula is C71H79N3O6. The molecule has 2 fully saturated rings. The minimum absolute atomic E-state index is 0.0325. The highest BCUT2D eigenvalue weighted by molar-refractivity contribution is 6.16. The number of hydrogen-bond donors (Lipinski definition) is 1. The molecule has 2 atom stereocenters. The number of aromatic nitrogens is 2. The van der Waals surface area contributed by atoms with Crippen LogP contribution in [-0.2, 0) is 38.7 Å². The van der Waals surface area contributed by atoms with Gasteiger partial charge in [0.25, 0.3) is 0 Å². The maximum atomic E-state index is 14.4. The lowest BCUT2D eigenvalue weighted by Crippen LogP contribution is -2.12. The van der Waals surface area contributed by atoms with E-state index in [4.69, 9.17) is 9.57 Å². The lowest BCUT2D eigenvalue weighted by molar-refractivity contribution is -0.146. The van der Waals surface area contributed by atoms with Crippen molar-refractivity contribution in [1.29, 1.82) is 0 Å². The molecule has 9 nitrogen and oxygen atoms in total. The van der Waals surface area contributed by atoms with Crippen LogP contribution in [0, 0.1) is 25.7 Å². The second-order valence-electron chi connectivity index (χ2n) is 22.8. The fraction of sp³-hybridized carbons (Fsp3) is 0.380. The van der Waals surface area contributed by atoms with Crippen LogP contribution in [-0.4, -0.2) is 39.2 Å². The molecule has 2 saturated carbocycles. The summed E-state index contributed by atoms with van der Waals surface area (Å²) >= 11 is 0. The average Bonchev–Trinajstić information content (AvgIpc) is 4.26. The van der Waals surface area contributed by atoms with Crippen LogP contribution in [0.15, 0.2) is 128 Å². The maximum absolute atomic E-state index is 14.4. The topological polar surface area (TPSA) is 109 Å². The molecule has 2 aliphatic carbocycles. The third-order valence-electron chi connectivity index (χ3n) is 17.8. The summed E-state index contributed by atoms with van der Waals surface area (Å²) in [4.78, 5) is 56.8. The molecule has 1 N–H and O–H groups in total. The molecular weight excluding hydrogens is 991 g/mol. The molecule has 0 bridgehead atoms. The summed E-state index contributed by atoms with van der Waals surface area (Å²) < 4.78 is 10.0. The van der Waals surface area contributed by atoms with Gasteiger partial charge in [0.1, 0.15) is 0 Å². The number of Topliss-reactive ketones (excluding diaryl/α,β-unsaturated/α-hetero) is 1. The normalized spacial score (nSPS) is 16.3. The van der Waals surface area contributed by atoms with E-state index in [1.807, 2.05) is 49.5 Å². The van der Waals surface area contributed by atoms with E-state index in [0.29, 0.717) is 42.8 Å². The van der Waals surface area contributed by atoms with Gasteiger partial charge in [-0.3, -0.25) is 19.2 Å². The van der Waals surface area contributed by atoms with E-state index in [1.54, 1.807) is 0 Å². The molecule has 6 aromatic carbocycles. The van der Waals surface area contributed by atoms with Crippen LogP contribution in [0.4, 0.5) is 0 Å². The molecule has 2 aromatic heterocycles. The second-order valence-corrected chi connectivity index (χ2v) is 22.8. The summed E-state index contributed by atoms with van der Waals surface area (Å²) in [5.74, 6) is 1.26. The third kappa shape index (κ3) is 12.3. The first-order chi connectivity index (χ1) is 38.9. The van der Waals surface area contributed by atoms with Gasteiger partial charge in [0.05, 0.1) is 6.61 Å². The summed E-state index contributed by atoms with van der Waals surface area (Å²) in [5.41, 5.74) is 18.7. The van der Waals surface area contributed by atoms with Crippen LogP contribution >= 0.6 is 0 Å². The zero-order chi connectivity index (χ0) is 55.9. The molecule has 0 radical (unpaired) electrons. The van der Waals surface area contributed by atoms with Crippen molar-refractivity contribution in [2.24, 2.45) is 11.8 Å². The summed E-state index contributed by atoms with van der Waals surface area (Å²) in [7, 11) is 0. The van der Waals surface area contributed by atoms with E-state index in [1.165, 1.54) is 69.1 Å². The number of nitrogens with zero attached hydrogens (tertiary/aromatic N) is 2. The Kier molecular flexibility index (Phi) is 17.6. The minimum atomic E-state index is -0.382. The lowest BCUT2D eigenvalue weighted by atomic mass is 9.84. The first-order valence-electron chi connectivity index (χ1n) is 29.7. The zero-order valence-corrected chi connectivity index (χ0v) is 47.9. The lowest BCUT2D eigenvalue weighted by Gasteiger charge is -2.22. The number of hydrogen-bond acceptors (Lipinski definition) is 7. The van der Waals surface area contributed by atoms with Crippen molar-refractivity contribution in [1.82, 2.24) is 14.6 Å². The highest BCUT2D eigenvalue weighted by atomic mass is 16.7. The largest absolute Gasteiger partial charge is 0.466 e. The third-order valence-corrected chi connectivity index (χ3v) is 17.8. The van der Waals surface area contributed by atoms with E-state index in [9.17, 15) is 19.2 Å². The highest BCUT2D eigenvalue weighted by Crippen LogP contribution is 2.43. The Morgan fingerprint density at radius 1 is 0.613 bits per heavy atom. The molecule has 0 aliphatic heterocycles. The van der Waals surface area contributed by atoms with E-state index >= 15 is 0 Å². The zero-order valence-electron chi connectivity index (χ0n) is 47.9. The van der Waals surface area contributed by atoms with Gasteiger partial charge in [-0.2, -0.15) is 0 Å². The summed E-state index contributed by atoms with van der Waals surface area (Å²) in [6.07, 6.45) is 20.1. The number of carbonyl (C=O) groups excluding carboxylic acids is 4. The number of ketones is 2. The predicted molar refractivity (Wildman–Crippen MR) is 326 cm³/mol. The number of fused-ring (bicyclic) bond motifs is 6. The van der Waals surface area contributed by atoms with Crippen molar-refractivity contribution >= 4 is 78.3 Å². The van der Waals surface area contributed by atoms with Crippen molar-refractivity contribution in [2.75, 3.05) is 6.61 Å². The van der Waals surface area contributed by atoms with Gasteiger partial charge in [-0.25, -0.2) is 5.48 Å². The quantitative estimate of drug-likeness (QED) is 0.0312. The predicted octanol–water partition coefficient (Wildman–Crippen LogP) is 17.1. The van der Waals surface area contributed by atoms with Crippen molar-refractivity contribution in [3.8, 4) is 0 Å². The molecule has 10 rings (SSSR count). The number of ether oxygens (including phenoxy) is 1. The van der Waals surface area contributed by atoms with Crippen molar-refractivity contribution < 1.29 is 28.8 Å². The van der Waals surface area contributed by atoms with Gasteiger partial charge in [0.2, 0.25) is 0 Å². The Bertz CT molecular complexity index is 3680. The molecule has 1 unspecified atom stereocenters. The van der Waals surface area contributed by atoms with Crippen molar-refractivity contribution in [2.45, 2.75) is 157 Å². The SMILES string of the molecule is CCn1c2ccc(C(=O)c3ccccc3C)cc2c2cc(/C(=C/CCOC(C)=O)CCCC3CC[C@@H](c4cccc(CC(=O)c5ccc6c(c5)c5cc(/C(=C/NOC(C)=O)CCC7CCCCC7)ccc5n6CC)c4C)C3)ccc21. The Morgan fingerprint density at radius 3 is 1.86 bits per heavy atom. The molecule has 2 aliphatic rings. The standard InChI is InChI=1S/C71H79N3O6/c1-7-73-67-35-31-55(59(45-72-80-49(6)76)29-26-50-18-10-9-11-19-50)41-63(67)64-42-57(32-36-68(64)73)70(77)44-53-22-15-25-61(47(53)4)56-28-27-51(39-56)20-14-21-52(23-16-38-79-48(5)75)54-30-34-66-62(40-54)65-43-58(33-37-69(65)74(66)8-2)71(78)60-24-13-12-17-46(60)3/h12-13,15,17,22-25,30-37,40-43,45,50-51,56,72H,7-11,14,16,18-21,26-29,38-39,44H2,1-6H3/b52-23+,59-45+/t51?,56-/m1/s1. The molecule has 2 heterocycles. The number of benzene rings is 6. The van der Waals surface area contributed by atoms with E-state index < -0.39 is 0 Å². The fourth-order valence-electron chi connectivity index (χ4n) is 13.5. The maximum Gasteiger partial charge on any atom is 0.329 e. The molecule has 0 spiro atoms. The van der Waals surface area contributed by atoms with Crippen LogP contribution in [0.25, 0.3) is 54.8 Å². The number of aryl methyl sites for hydroxylation is 3. The van der Waals surface area contributed by atoms with Crippen LogP contribution < -0.4 is 5.48 Å². The van der Waals surface area contributed by atoms with Gasteiger partial charge in [0.15, 0.2) is 11.6 Å². The molecule has 8 aromatic rings. The summed E-state index contributed by atoms with van der Waals surface area (Å²) in [6.45, 7) is 13.4. The Hall–Kier alpha value is -7.52. The van der Waals surface area contributed by atoms with Gasteiger partial charge in [0, 0.05) is 106 Å². The monoisotopic (exact) mass is 1070 g/mol. The summed E-state index contributed by atoms with van der Waals surface area (Å²) in [5, 5.41) is 4.40. The fourth-order valence-corrected chi connectivity index (χ4v) is 13.5. The smallest absolute Gasteiger partial charge is 0.329 e. The van der Waals surface area contributed by atoms with Crippen LogP contribution in [0.2, 0.25) is 0 Å². The van der Waals surface area contributed by atoms with Gasteiger partial charge in [-0.1, -0.05) is 99.2 Å². The van der Waals surface area contributed by atoms with E-state index in [-0.39, 0.29) is 23.5 Å². The number of carbonyl (C=O) groups is 4. The van der Waals surface area contributed by atoms with Crippen LogP contribution in [0.5, 0.6) is 0 Å². The van der Waals surface area contributed by atoms with E-state index in [2.05, 4.69) is 120 Å². The molecule has 0 saturated heterocycles. The first-order valence-corrected chi connectivity index (χ1v) is 29.7. The molecule has 414 valence electrons. The van der Waals surface area contributed by atoms with Gasteiger partial charge in [-0.15, -0.1) is 0 Å². The van der Waals surface area contributed by atoms with Crippen molar-refractivity contribution in [3.63, 3.8) is 0 Å². The van der Waals surface area contributed by atoms with Crippen LogP contribution in [0.3, 0.4) is 0 Å². The molecule has 9 heteroatoms. The van der Waals surface area contributed by atoms with Gasteiger partial charge >= 0.3 is 11.9 Å². The highest BCUT2D eigenvalue weighted by Gasteiger charge is 2.28. The number of nitrogens with one attached hydrogen (secondary N) is 1. The Labute approximate surface area is 472 Å². The number of esters is 1. The second kappa shape index (κ2) is 25.3. The van der Waals surface area contributed by atoms with Crippen molar-refractivity contribution in [3.05, 3.63) is 178 Å². The minimum Gasteiger partial charge on any atom is -0.466 e. The van der Waals surface area contributed by atoms with E-state index in [0.717, 1.165) is 141 Å². The molecule has 0 amide bonds. The average molecular weight is 1070 g/mol. The van der Waals surface area contributed by atoms with Gasteiger partial charge < -0.3 is 18.7 Å². The Morgan fingerprint density at radius 2 is 1.23 bits per heavy atom. The number of rotatable bonds is 22. The van der Waals surface area contributed by atoms with Crippen LogP contribution in [0.1, 0.15) is 183 Å². The Balaban J connectivity index is 0.829. The van der Waals surface area contributed by atoms with Gasteiger partial charge in [-0.05, 0) is 196 Å². The first kappa shape index (κ1) is 55.8. The molecule has 80 heavy (non-hydrogen) atoms. The number of allylic oxidation sites excluding steroid dienone is 2. The summed E-state index contributed by atoms with van der Waals surface area (Å²) in [6, 6.07) is 40.1. The number of hydroxylamine groups is 1.